The van der Waals surface area contributed by atoms with E-state index in [1.807, 2.05) is 12.1 Å². The van der Waals surface area contributed by atoms with Gasteiger partial charge in [-0.1, -0.05) is 182 Å². The molecule has 2 aromatic heterocycles. The molecule has 3 nitrogen and oxygen atoms in total. The van der Waals surface area contributed by atoms with Gasteiger partial charge in [-0.3, -0.25) is 0 Å². The van der Waals surface area contributed by atoms with Crippen LogP contribution in [0.1, 0.15) is 0 Å². The van der Waals surface area contributed by atoms with Gasteiger partial charge in [-0.05, 0) is 145 Å². The Morgan fingerprint density at radius 3 is 1.56 bits per heavy atom. The molecule has 0 N–H and O–H groups in total. The van der Waals surface area contributed by atoms with Gasteiger partial charge in [0.1, 0.15) is 11.2 Å². The van der Waals surface area contributed by atoms with Gasteiger partial charge < -0.3 is 13.9 Å². The lowest BCUT2D eigenvalue weighted by atomic mass is 9.93. The fraction of sp³-hybridized carbons (Fsp3) is 0. The van der Waals surface area contributed by atoms with Crippen LogP contribution in [0.15, 0.2) is 271 Å². The molecule has 0 aliphatic carbocycles. The van der Waals surface area contributed by atoms with Crippen molar-refractivity contribution in [2.24, 2.45) is 0 Å². The number of fused-ring (bicyclic) bond motifs is 9. The van der Waals surface area contributed by atoms with E-state index in [0.717, 1.165) is 66.9 Å². The molecule has 0 saturated carbocycles. The predicted octanol–water partition coefficient (Wildman–Crippen LogP) is 19.1. The summed E-state index contributed by atoms with van der Waals surface area (Å²) in [7, 11) is 0. The first-order valence-corrected chi connectivity index (χ1v) is 24.3. The Labute approximate surface area is 411 Å². The summed E-state index contributed by atoms with van der Waals surface area (Å²) in [6.07, 6.45) is 0. The number of para-hydroxylation sites is 4. The highest BCUT2D eigenvalue weighted by atomic mass is 16.3. The highest BCUT2D eigenvalue weighted by Crippen LogP contribution is 2.44. The van der Waals surface area contributed by atoms with Gasteiger partial charge in [-0.25, -0.2) is 0 Å². The van der Waals surface area contributed by atoms with Crippen molar-refractivity contribution in [3.05, 3.63) is 267 Å². The van der Waals surface area contributed by atoms with Crippen molar-refractivity contribution in [2.75, 3.05) is 4.90 Å². The van der Waals surface area contributed by atoms with Crippen LogP contribution in [-0.2, 0) is 0 Å². The first-order chi connectivity index (χ1) is 35.2. The zero-order valence-corrected chi connectivity index (χ0v) is 38.7. The van der Waals surface area contributed by atoms with Crippen molar-refractivity contribution in [3.63, 3.8) is 0 Å². The van der Waals surface area contributed by atoms with E-state index in [0.29, 0.717) is 0 Å². The summed E-state index contributed by atoms with van der Waals surface area (Å²) in [6.45, 7) is 0. The number of hydrogen-bond acceptors (Lipinski definition) is 2. The topological polar surface area (TPSA) is 21.3 Å². The second kappa shape index (κ2) is 16.7. The van der Waals surface area contributed by atoms with Gasteiger partial charge in [-0.2, -0.15) is 0 Å². The van der Waals surface area contributed by atoms with E-state index < -0.39 is 0 Å². The zero-order valence-electron chi connectivity index (χ0n) is 38.7. The average Bonchev–Trinajstić information content (AvgIpc) is 3.99. The Morgan fingerprint density at radius 1 is 0.282 bits per heavy atom. The highest BCUT2D eigenvalue weighted by Gasteiger charge is 2.20. The molecule has 0 aliphatic rings. The van der Waals surface area contributed by atoms with Gasteiger partial charge in [0, 0.05) is 44.2 Å². The molecule has 12 aromatic carbocycles. The molecule has 0 bridgehead atoms. The van der Waals surface area contributed by atoms with Crippen LogP contribution in [0.5, 0.6) is 0 Å². The van der Waals surface area contributed by atoms with Gasteiger partial charge in [0.25, 0.3) is 0 Å². The molecule has 0 saturated heterocycles. The van der Waals surface area contributed by atoms with E-state index in [4.69, 9.17) is 4.42 Å². The maximum absolute atomic E-state index is 6.43. The maximum atomic E-state index is 6.43. The molecule has 0 unspecified atom stereocenters. The minimum atomic E-state index is 0.877. The monoisotopic (exact) mass is 904 g/mol. The number of benzene rings is 12. The van der Waals surface area contributed by atoms with E-state index >= 15 is 0 Å². The van der Waals surface area contributed by atoms with Crippen LogP contribution < -0.4 is 4.90 Å². The SMILES string of the molecule is c1cc(-c2ccc(N(c3ccc(-c4cc5ccccc5c5ccccc45)cc3)c3ccccc3-c3ccc4c(c3)oc3ccccc34)cc2)cc(-c2cccc(-n3c4ccccc4c4ccccc43)c2)c1. The van der Waals surface area contributed by atoms with E-state index in [1.165, 1.54) is 65.6 Å². The molecule has 71 heavy (non-hydrogen) atoms. The summed E-state index contributed by atoms with van der Waals surface area (Å²) < 4.78 is 8.81. The number of rotatable bonds is 8. The lowest BCUT2D eigenvalue weighted by molar-refractivity contribution is 0.669. The van der Waals surface area contributed by atoms with Crippen molar-refractivity contribution in [3.8, 4) is 50.2 Å². The first-order valence-electron chi connectivity index (χ1n) is 24.3. The third-order valence-electron chi connectivity index (χ3n) is 14.4. The number of hydrogen-bond donors (Lipinski definition) is 0. The number of nitrogens with zero attached hydrogens (tertiary/aromatic N) is 2. The summed E-state index contributed by atoms with van der Waals surface area (Å²) in [6, 6.07) is 96.7. The lowest BCUT2D eigenvalue weighted by Crippen LogP contribution is -2.11. The molecule has 0 fully saturated rings. The van der Waals surface area contributed by atoms with E-state index in [2.05, 4.69) is 264 Å². The second-order valence-corrected chi connectivity index (χ2v) is 18.4. The Morgan fingerprint density at radius 2 is 0.817 bits per heavy atom. The minimum absolute atomic E-state index is 0.877. The fourth-order valence-corrected chi connectivity index (χ4v) is 11.0. The normalized spacial score (nSPS) is 11.7. The third-order valence-corrected chi connectivity index (χ3v) is 14.4. The molecular formula is C68H44N2O. The molecule has 3 heteroatoms. The Kier molecular flexibility index (Phi) is 9.53. The summed E-state index contributed by atoms with van der Waals surface area (Å²) in [5.41, 5.74) is 17.8. The maximum Gasteiger partial charge on any atom is 0.136 e. The summed E-state index contributed by atoms with van der Waals surface area (Å²) >= 11 is 0. The van der Waals surface area contributed by atoms with Gasteiger partial charge >= 0.3 is 0 Å². The molecule has 0 radical (unpaired) electrons. The van der Waals surface area contributed by atoms with Crippen molar-refractivity contribution < 1.29 is 4.42 Å². The summed E-state index contributed by atoms with van der Waals surface area (Å²) in [5.74, 6) is 0. The minimum Gasteiger partial charge on any atom is -0.456 e. The lowest BCUT2D eigenvalue weighted by Gasteiger charge is -2.28. The van der Waals surface area contributed by atoms with Crippen LogP contribution in [0.4, 0.5) is 17.1 Å². The van der Waals surface area contributed by atoms with Crippen molar-refractivity contribution in [2.45, 2.75) is 0 Å². The van der Waals surface area contributed by atoms with Crippen LogP contribution in [0, 0.1) is 0 Å². The van der Waals surface area contributed by atoms with E-state index in [-0.39, 0.29) is 0 Å². The summed E-state index contributed by atoms with van der Waals surface area (Å²) in [5, 5.41) is 9.78. The molecule has 14 aromatic rings. The van der Waals surface area contributed by atoms with E-state index in [1.54, 1.807) is 0 Å². The van der Waals surface area contributed by atoms with Crippen molar-refractivity contribution in [1.29, 1.82) is 0 Å². The van der Waals surface area contributed by atoms with Crippen LogP contribution in [0.25, 0.3) is 115 Å². The summed E-state index contributed by atoms with van der Waals surface area (Å²) in [4.78, 5) is 2.39. The van der Waals surface area contributed by atoms with E-state index in [9.17, 15) is 0 Å². The highest BCUT2D eigenvalue weighted by molar-refractivity contribution is 6.14. The smallest absolute Gasteiger partial charge is 0.136 e. The molecule has 14 rings (SSSR count). The van der Waals surface area contributed by atoms with Crippen molar-refractivity contribution in [1.82, 2.24) is 4.57 Å². The van der Waals surface area contributed by atoms with Gasteiger partial charge in [0.05, 0.1) is 16.7 Å². The fourth-order valence-electron chi connectivity index (χ4n) is 11.0. The quantitative estimate of drug-likeness (QED) is 0.142. The Bertz CT molecular complexity index is 4290. The predicted molar refractivity (Wildman–Crippen MR) is 299 cm³/mol. The van der Waals surface area contributed by atoms with Gasteiger partial charge in [-0.15, -0.1) is 0 Å². The number of aromatic nitrogens is 1. The standard InChI is InChI=1S/C68H44N2O/c1-2-20-55-50(15-1)43-63(58-23-4-3-22-57(55)58)46-33-38-53(39-34-46)69(64-27-9-5-21-56(64)51-35-40-62-61-26-8-12-30-67(61)71-68(62)44-51)52-36-31-45(32-37-52)47-16-13-17-48(41-47)49-18-14-19-54(42-49)70-65-28-10-6-24-59(65)60-25-7-11-29-66(60)70/h1-44H. The molecule has 0 amide bonds. The molecule has 0 aliphatic heterocycles. The van der Waals surface area contributed by atoms with Gasteiger partial charge in [0.15, 0.2) is 0 Å². The molecule has 2 heterocycles. The van der Waals surface area contributed by atoms with Crippen molar-refractivity contribution >= 4 is 82.4 Å². The van der Waals surface area contributed by atoms with Crippen LogP contribution >= 0.6 is 0 Å². The van der Waals surface area contributed by atoms with Crippen LogP contribution in [0.3, 0.4) is 0 Å². The molecule has 0 atom stereocenters. The Hall–Kier alpha value is -9.44. The zero-order chi connectivity index (χ0) is 46.8. The second-order valence-electron chi connectivity index (χ2n) is 18.4. The third kappa shape index (κ3) is 6.89. The molecular weight excluding hydrogens is 861 g/mol. The molecule has 0 spiro atoms. The van der Waals surface area contributed by atoms with Crippen LogP contribution in [0.2, 0.25) is 0 Å². The average molecular weight is 905 g/mol. The van der Waals surface area contributed by atoms with Crippen LogP contribution in [-0.4, -0.2) is 4.57 Å². The number of furan rings is 1. The largest absolute Gasteiger partial charge is 0.456 e. The number of anilines is 3. The Balaban J connectivity index is 0.858. The van der Waals surface area contributed by atoms with Gasteiger partial charge in [0.2, 0.25) is 0 Å². The molecule has 332 valence electrons. The first kappa shape index (κ1) is 40.6.